The summed E-state index contributed by atoms with van der Waals surface area (Å²) in [6.07, 6.45) is 3.22. The highest BCUT2D eigenvalue weighted by molar-refractivity contribution is 7.93. The number of fused-ring (bicyclic) bond motifs is 2. The monoisotopic (exact) mass is 902 g/mol. The lowest BCUT2D eigenvalue weighted by Gasteiger charge is -2.37. The average molecular weight is 904 g/mol. The molecule has 2 aliphatic heterocycles. The van der Waals surface area contributed by atoms with Gasteiger partial charge < -0.3 is 25.2 Å². The second-order valence-corrected chi connectivity index (χ2v) is 18.2. The molecule has 320 valence electrons. The molecule has 63 heavy (non-hydrogen) atoms. The highest BCUT2D eigenvalue weighted by Gasteiger charge is 2.43. The molecule has 1 aliphatic carbocycles. The largest absolute Gasteiger partial charge is 0.489 e. The summed E-state index contributed by atoms with van der Waals surface area (Å²) in [6, 6.07) is 29.2. The van der Waals surface area contributed by atoms with Crippen LogP contribution in [0.2, 0.25) is 10.0 Å². The zero-order chi connectivity index (χ0) is 44.4. The molecule has 0 aromatic heterocycles. The SMILES string of the molecule is CC1=C(S(=O)(=O)N2Cc3cc4c(cc3C[C@H]2C(=O)N[C@@H](Cc2ccc(-c3ccc(C#N)cc3)cc2)C(=O)O)NC(=O)C(c2ccc(OCc3ccc(Cl)c(Cl)c3)cc2)O4)CCC=C1. The van der Waals surface area contributed by atoms with Crippen molar-refractivity contribution in [3.8, 4) is 28.7 Å². The number of nitriles is 1. The summed E-state index contributed by atoms with van der Waals surface area (Å²) >= 11 is 12.2. The Bertz CT molecular complexity index is 2840. The van der Waals surface area contributed by atoms with Crippen molar-refractivity contribution in [2.24, 2.45) is 0 Å². The number of carbonyl (C=O) groups excluding carboxylic acids is 2. The van der Waals surface area contributed by atoms with Crippen LogP contribution in [-0.2, 0) is 50.4 Å². The fourth-order valence-electron chi connectivity index (χ4n) is 7.91. The number of amides is 2. The number of nitrogens with one attached hydrogen (secondary N) is 2. The van der Waals surface area contributed by atoms with Crippen molar-refractivity contribution in [2.45, 2.75) is 63.9 Å². The van der Waals surface area contributed by atoms with Gasteiger partial charge in [0.2, 0.25) is 22.0 Å². The molecule has 0 saturated heterocycles. The van der Waals surface area contributed by atoms with E-state index in [4.69, 9.17) is 37.9 Å². The molecule has 3 atom stereocenters. The zero-order valence-electron chi connectivity index (χ0n) is 33.8. The van der Waals surface area contributed by atoms with Crippen molar-refractivity contribution in [1.82, 2.24) is 9.62 Å². The minimum absolute atomic E-state index is 0.0631. The summed E-state index contributed by atoms with van der Waals surface area (Å²) in [5.74, 6) is -1.60. The van der Waals surface area contributed by atoms with Crippen molar-refractivity contribution in [3.05, 3.63) is 169 Å². The number of aliphatic carboxylic acids is 1. The maximum Gasteiger partial charge on any atom is 0.326 e. The Morgan fingerprint density at radius 1 is 0.952 bits per heavy atom. The summed E-state index contributed by atoms with van der Waals surface area (Å²) < 4.78 is 42.4. The number of nitrogens with zero attached hydrogens (tertiary/aromatic N) is 2. The summed E-state index contributed by atoms with van der Waals surface area (Å²) in [4.78, 5) is 40.6. The third-order valence-electron chi connectivity index (χ3n) is 11.3. The van der Waals surface area contributed by atoms with Gasteiger partial charge in [-0.2, -0.15) is 9.57 Å². The number of ether oxygens (including phenoxy) is 2. The maximum absolute atomic E-state index is 14.5. The number of benzene rings is 5. The lowest BCUT2D eigenvalue weighted by atomic mass is 9.93. The van der Waals surface area contributed by atoms with Gasteiger partial charge in [0.05, 0.1) is 32.3 Å². The molecule has 8 rings (SSSR count). The lowest BCUT2D eigenvalue weighted by Crippen LogP contribution is -2.56. The molecule has 3 aliphatic rings. The van der Waals surface area contributed by atoms with Gasteiger partial charge in [-0.25, -0.2) is 13.2 Å². The van der Waals surface area contributed by atoms with Crippen LogP contribution in [0.3, 0.4) is 0 Å². The average Bonchev–Trinajstić information content (AvgIpc) is 3.28. The van der Waals surface area contributed by atoms with Crippen LogP contribution in [0.4, 0.5) is 5.69 Å². The van der Waals surface area contributed by atoms with Crippen molar-refractivity contribution in [3.63, 3.8) is 0 Å². The Hall–Kier alpha value is -6.43. The molecule has 0 bridgehead atoms. The van der Waals surface area contributed by atoms with Gasteiger partial charge in [0.1, 0.15) is 30.2 Å². The van der Waals surface area contributed by atoms with E-state index >= 15 is 0 Å². The number of rotatable bonds is 12. The fraction of sp³-hybridized carbons (Fsp3) is 0.208. The minimum atomic E-state index is -4.24. The smallest absolute Gasteiger partial charge is 0.326 e. The number of anilines is 1. The van der Waals surface area contributed by atoms with Gasteiger partial charge in [0.15, 0.2) is 0 Å². The van der Waals surface area contributed by atoms with E-state index in [1.54, 1.807) is 85.8 Å². The fourth-order valence-corrected chi connectivity index (χ4v) is 10.2. The summed E-state index contributed by atoms with van der Waals surface area (Å²) in [7, 11) is -4.24. The van der Waals surface area contributed by atoms with Crippen LogP contribution < -0.4 is 20.1 Å². The van der Waals surface area contributed by atoms with Gasteiger partial charge in [-0.05, 0) is 114 Å². The molecule has 0 fully saturated rings. The van der Waals surface area contributed by atoms with Crippen LogP contribution in [0.1, 0.15) is 59.3 Å². The molecule has 2 heterocycles. The third-order valence-corrected chi connectivity index (χ3v) is 14.2. The van der Waals surface area contributed by atoms with E-state index in [1.165, 1.54) is 0 Å². The van der Waals surface area contributed by atoms with Gasteiger partial charge in [0, 0.05) is 18.5 Å². The van der Waals surface area contributed by atoms with E-state index in [9.17, 15) is 27.9 Å². The Morgan fingerprint density at radius 3 is 2.32 bits per heavy atom. The zero-order valence-corrected chi connectivity index (χ0v) is 36.1. The third kappa shape index (κ3) is 9.35. The van der Waals surface area contributed by atoms with Crippen molar-refractivity contribution in [2.75, 3.05) is 5.32 Å². The Morgan fingerprint density at radius 2 is 1.65 bits per heavy atom. The van der Waals surface area contributed by atoms with Gasteiger partial charge in [-0.1, -0.05) is 90.0 Å². The molecular weight excluding hydrogens is 864 g/mol. The summed E-state index contributed by atoms with van der Waals surface area (Å²) in [6.45, 7) is 1.75. The van der Waals surface area contributed by atoms with Gasteiger partial charge >= 0.3 is 5.97 Å². The van der Waals surface area contributed by atoms with E-state index in [1.807, 2.05) is 36.4 Å². The van der Waals surface area contributed by atoms with Crippen molar-refractivity contribution in [1.29, 1.82) is 5.26 Å². The predicted molar refractivity (Wildman–Crippen MR) is 239 cm³/mol. The lowest BCUT2D eigenvalue weighted by molar-refractivity contribution is -0.142. The molecule has 0 radical (unpaired) electrons. The molecule has 0 spiro atoms. The molecule has 15 heteroatoms. The van der Waals surface area contributed by atoms with E-state index in [0.717, 1.165) is 21.0 Å². The standard InChI is InChI=1S/C48H40Cl2N4O8S/c1-28-4-2-3-5-44(28)63(59,60)54-26-36-24-43-40(52-47(56)45(62-43)34-15-17-37(18-16-34)61-27-31-10-19-38(49)39(50)20-31)22-35(36)23-42(54)46(55)53-41(48(57)58)21-29-6-11-32(12-7-29)33-13-8-30(25-51)9-14-33/h2,4,6-20,22,24,41-42,45H,3,5,21,23,26-27H2,1H3,(H,52,56)(H,53,55)(H,57,58)/t41-,42-,45?/m0/s1. The maximum atomic E-state index is 14.5. The number of allylic oxidation sites excluding steroid dienone is 4. The highest BCUT2D eigenvalue weighted by Crippen LogP contribution is 2.41. The molecule has 2 amide bonds. The number of carbonyl (C=O) groups is 3. The Labute approximate surface area is 374 Å². The number of halogens is 2. The molecule has 0 saturated carbocycles. The van der Waals surface area contributed by atoms with E-state index in [2.05, 4.69) is 16.7 Å². The summed E-state index contributed by atoms with van der Waals surface area (Å²) in [5, 5.41) is 25.8. The molecule has 5 aromatic carbocycles. The van der Waals surface area contributed by atoms with Crippen LogP contribution in [0.15, 0.2) is 126 Å². The number of carboxylic acid groups (broad SMARTS) is 1. The first-order chi connectivity index (χ1) is 30.3. The first-order valence-electron chi connectivity index (χ1n) is 20.1. The van der Waals surface area contributed by atoms with Crippen LogP contribution in [0, 0.1) is 11.3 Å². The Balaban J connectivity index is 1.02. The number of hydrogen-bond acceptors (Lipinski definition) is 8. The van der Waals surface area contributed by atoms with Crippen LogP contribution >= 0.6 is 23.2 Å². The quantitative estimate of drug-likeness (QED) is 0.111. The summed E-state index contributed by atoms with van der Waals surface area (Å²) in [5.41, 5.74) is 6.38. The van der Waals surface area contributed by atoms with Gasteiger partial charge in [-0.3, -0.25) is 9.59 Å². The Kier molecular flexibility index (Phi) is 12.4. The first-order valence-corrected chi connectivity index (χ1v) is 22.3. The van der Waals surface area contributed by atoms with E-state index in [-0.39, 0.29) is 37.3 Å². The van der Waals surface area contributed by atoms with Crippen molar-refractivity contribution < 1.29 is 37.4 Å². The number of carboxylic acids is 1. The van der Waals surface area contributed by atoms with E-state index in [0.29, 0.717) is 67.0 Å². The number of hydrogen-bond donors (Lipinski definition) is 3. The van der Waals surface area contributed by atoms with Gasteiger partial charge in [-0.15, -0.1) is 0 Å². The van der Waals surface area contributed by atoms with Gasteiger partial charge in [0.25, 0.3) is 5.91 Å². The van der Waals surface area contributed by atoms with Crippen LogP contribution in [0.5, 0.6) is 11.5 Å². The van der Waals surface area contributed by atoms with Crippen molar-refractivity contribution >= 4 is 56.7 Å². The predicted octanol–water partition coefficient (Wildman–Crippen LogP) is 8.68. The molecule has 12 nitrogen and oxygen atoms in total. The molecular formula is C48H40Cl2N4O8S. The topological polar surface area (TPSA) is 175 Å². The second-order valence-electron chi connectivity index (χ2n) is 15.5. The normalized spacial score (nSPS) is 17.7. The molecule has 3 N–H and O–H groups in total. The van der Waals surface area contributed by atoms with E-state index < -0.39 is 46.0 Å². The van der Waals surface area contributed by atoms with Crippen LogP contribution in [-0.4, -0.2) is 47.7 Å². The molecule has 5 aromatic rings. The first kappa shape index (κ1) is 43.2. The van der Waals surface area contributed by atoms with Crippen LogP contribution in [0.25, 0.3) is 11.1 Å². The number of sulfonamides is 1. The molecule has 1 unspecified atom stereocenters. The highest BCUT2D eigenvalue weighted by atomic mass is 35.5. The minimum Gasteiger partial charge on any atom is -0.489 e. The second kappa shape index (κ2) is 18.1.